The van der Waals surface area contributed by atoms with Crippen molar-refractivity contribution in [3.8, 4) is 0 Å². The van der Waals surface area contributed by atoms with Crippen molar-refractivity contribution in [3.63, 3.8) is 0 Å². The second kappa shape index (κ2) is 10.1. The highest BCUT2D eigenvalue weighted by Gasteiger charge is 2.19. The number of amidine groups is 1. The number of hydrogen-bond acceptors (Lipinski definition) is 3. The molecule has 0 heterocycles. The lowest BCUT2D eigenvalue weighted by Crippen LogP contribution is -2.33. The topological polar surface area (TPSA) is 53.9 Å². The number of nitrogens with one attached hydrogen (secondary N) is 1. The smallest absolute Gasteiger partial charge is 0.413 e. The van der Waals surface area contributed by atoms with Gasteiger partial charge in [0.15, 0.2) is 0 Å². The second-order valence-electron chi connectivity index (χ2n) is 5.96. The minimum absolute atomic E-state index is 0.0270. The highest BCUT2D eigenvalue weighted by Crippen LogP contribution is 2.27. The molecular weight excluding hydrogens is 382 g/mol. The maximum absolute atomic E-state index is 11.8. The van der Waals surface area contributed by atoms with Gasteiger partial charge < -0.3 is 4.74 Å². The molecule has 0 saturated heterocycles. The summed E-state index contributed by atoms with van der Waals surface area (Å²) in [6.45, 7) is 1.98. The summed E-state index contributed by atoms with van der Waals surface area (Å²) in [7, 11) is 0. The van der Waals surface area contributed by atoms with Crippen molar-refractivity contribution in [1.29, 1.82) is 0 Å². The number of nitrogens with zero attached hydrogens (tertiary/aromatic N) is 2. The van der Waals surface area contributed by atoms with Crippen LogP contribution in [0, 0.1) is 0 Å². The van der Waals surface area contributed by atoms with Crippen LogP contribution in [0.5, 0.6) is 0 Å². The van der Waals surface area contributed by atoms with Gasteiger partial charge in [0.05, 0.1) is 6.61 Å². The molecule has 3 rings (SSSR count). The van der Waals surface area contributed by atoms with Crippen LogP contribution < -0.4 is 10.2 Å². The molecule has 0 spiro atoms. The van der Waals surface area contributed by atoms with E-state index in [4.69, 9.17) is 17.0 Å². The van der Waals surface area contributed by atoms with Crippen LogP contribution in [0.3, 0.4) is 0 Å². The Morgan fingerprint density at radius 2 is 1.38 bits per heavy atom. The molecule has 0 bridgehead atoms. The van der Waals surface area contributed by atoms with E-state index in [1.807, 2.05) is 95.9 Å². The summed E-state index contributed by atoms with van der Waals surface area (Å²) in [5.74, 6) is 0.588. The van der Waals surface area contributed by atoms with Crippen molar-refractivity contribution in [3.05, 3.63) is 96.6 Å². The van der Waals surface area contributed by atoms with Crippen LogP contribution in [0.25, 0.3) is 0 Å². The average Bonchev–Trinajstić information content (AvgIpc) is 2.75. The second-order valence-corrected chi connectivity index (χ2v) is 6.35. The van der Waals surface area contributed by atoms with Crippen molar-refractivity contribution in [2.75, 3.05) is 11.5 Å². The number of anilines is 2. The number of benzene rings is 3. The fraction of sp³-hybridized carbons (Fsp3) is 0.0870. The third kappa shape index (κ3) is 5.49. The average molecular weight is 404 g/mol. The SMILES string of the molecule is CCOC(=O)NC(=S)N=C(c1ccccc1)N(c1ccccc1)c1ccccc1. The molecule has 0 atom stereocenters. The number of carbonyl (C=O) groups is 1. The molecule has 0 aromatic heterocycles. The van der Waals surface area contributed by atoms with Gasteiger partial charge in [-0.1, -0.05) is 66.7 Å². The Balaban J connectivity index is 2.10. The van der Waals surface area contributed by atoms with Gasteiger partial charge in [0.1, 0.15) is 5.84 Å². The van der Waals surface area contributed by atoms with Gasteiger partial charge >= 0.3 is 6.09 Å². The van der Waals surface area contributed by atoms with Gasteiger partial charge in [0.2, 0.25) is 5.11 Å². The molecule has 5 nitrogen and oxygen atoms in total. The molecule has 3 aromatic rings. The van der Waals surface area contributed by atoms with Gasteiger partial charge in [0.25, 0.3) is 0 Å². The monoisotopic (exact) mass is 403 g/mol. The van der Waals surface area contributed by atoms with Gasteiger partial charge in [-0.15, -0.1) is 0 Å². The number of carbonyl (C=O) groups excluding carboxylic acids is 1. The third-order valence-corrected chi connectivity index (χ3v) is 4.16. The summed E-state index contributed by atoms with van der Waals surface area (Å²) in [6.07, 6.45) is -0.625. The summed E-state index contributed by atoms with van der Waals surface area (Å²) in [5, 5.41) is 2.52. The number of ether oxygens (including phenoxy) is 1. The molecule has 0 unspecified atom stereocenters. The molecule has 146 valence electrons. The lowest BCUT2D eigenvalue weighted by atomic mass is 10.1. The van der Waals surface area contributed by atoms with Crippen LogP contribution in [0.4, 0.5) is 16.2 Å². The Kier molecular flexibility index (Phi) is 7.08. The molecule has 0 aliphatic rings. The first kappa shape index (κ1) is 20.2. The van der Waals surface area contributed by atoms with E-state index in [1.54, 1.807) is 6.92 Å². The molecule has 0 aliphatic heterocycles. The van der Waals surface area contributed by atoms with Crippen molar-refractivity contribution >= 4 is 40.6 Å². The van der Waals surface area contributed by atoms with Gasteiger partial charge in [-0.3, -0.25) is 10.2 Å². The first-order valence-electron chi connectivity index (χ1n) is 9.21. The van der Waals surface area contributed by atoms with E-state index >= 15 is 0 Å². The molecule has 1 amide bonds. The first-order chi connectivity index (χ1) is 14.2. The summed E-state index contributed by atoms with van der Waals surface area (Å²) in [6, 6.07) is 29.4. The largest absolute Gasteiger partial charge is 0.450 e. The van der Waals surface area contributed by atoms with Gasteiger partial charge in [-0.05, 0) is 43.4 Å². The van der Waals surface area contributed by atoms with E-state index in [0.717, 1.165) is 16.9 Å². The Labute approximate surface area is 175 Å². The third-order valence-electron chi connectivity index (χ3n) is 3.96. The van der Waals surface area contributed by atoms with Crippen LogP contribution in [0.15, 0.2) is 96.0 Å². The molecular formula is C23H21N3O2S. The fourth-order valence-electron chi connectivity index (χ4n) is 2.76. The zero-order valence-electron chi connectivity index (χ0n) is 16.0. The van der Waals surface area contributed by atoms with Crippen molar-refractivity contribution in [2.45, 2.75) is 6.92 Å². The van der Waals surface area contributed by atoms with Crippen LogP contribution in [-0.2, 0) is 4.74 Å². The number of hydrogen-bond donors (Lipinski definition) is 1. The molecule has 0 saturated carbocycles. The normalized spacial score (nSPS) is 10.9. The van der Waals surface area contributed by atoms with E-state index in [1.165, 1.54) is 0 Å². The number of alkyl carbamates (subject to hydrolysis) is 1. The highest BCUT2D eigenvalue weighted by molar-refractivity contribution is 7.80. The van der Waals surface area contributed by atoms with Crippen molar-refractivity contribution in [1.82, 2.24) is 5.32 Å². The van der Waals surface area contributed by atoms with Crippen LogP contribution in [-0.4, -0.2) is 23.6 Å². The molecule has 6 heteroatoms. The molecule has 0 fully saturated rings. The number of rotatable bonds is 4. The lowest BCUT2D eigenvalue weighted by molar-refractivity contribution is 0.158. The summed E-state index contributed by atoms with van der Waals surface area (Å²) in [4.78, 5) is 18.4. The van der Waals surface area contributed by atoms with E-state index < -0.39 is 6.09 Å². The van der Waals surface area contributed by atoms with E-state index in [0.29, 0.717) is 5.84 Å². The maximum Gasteiger partial charge on any atom is 0.413 e. The number of aliphatic imine (C=N–C) groups is 1. The molecule has 0 aliphatic carbocycles. The minimum Gasteiger partial charge on any atom is -0.450 e. The molecule has 3 aromatic carbocycles. The Bertz CT molecular complexity index is 937. The number of amides is 1. The first-order valence-corrected chi connectivity index (χ1v) is 9.62. The number of thiocarbonyl (C=S) groups is 1. The molecule has 29 heavy (non-hydrogen) atoms. The quantitative estimate of drug-likeness (QED) is 0.365. The lowest BCUT2D eigenvalue weighted by Gasteiger charge is -2.27. The fourth-order valence-corrected chi connectivity index (χ4v) is 2.93. The summed E-state index contributed by atoms with van der Waals surface area (Å²) < 4.78 is 4.91. The van der Waals surface area contributed by atoms with Crippen LogP contribution in [0.2, 0.25) is 0 Å². The minimum atomic E-state index is -0.625. The van der Waals surface area contributed by atoms with E-state index in [9.17, 15) is 4.79 Å². The molecule has 0 radical (unpaired) electrons. The van der Waals surface area contributed by atoms with E-state index in [2.05, 4.69) is 10.3 Å². The molecule has 1 N–H and O–H groups in total. The zero-order chi connectivity index (χ0) is 20.5. The Morgan fingerprint density at radius 1 is 0.897 bits per heavy atom. The maximum atomic E-state index is 11.8. The summed E-state index contributed by atoms with van der Waals surface area (Å²) in [5.41, 5.74) is 2.69. The van der Waals surface area contributed by atoms with Crippen molar-refractivity contribution < 1.29 is 9.53 Å². The summed E-state index contributed by atoms with van der Waals surface area (Å²) >= 11 is 5.31. The standard InChI is InChI=1S/C23H21N3O2S/c1-2-28-23(27)25-22(29)24-21(18-12-6-3-7-13-18)26(19-14-8-4-9-15-19)20-16-10-5-11-17-20/h3-17H,2H2,1H3,(H,25,27,29). The van der Waals surface area contributed by atoms with Crippen molar-refractivity contribution in [2.24, 2.45) is 4.99 Å². The Morgan fingerprint density at radius 3 is 1.86 bits per heavy atom. The predicted molar refractivity (Wildman–Crippen MR) is 121 cm³/mol. The highest BCUT2D eigenvalue weighted by atomic mass is 32.1. The van der Waals surface area contributed by atoms with Gasteiger partial charge in [-0.25, -0.2) is 9.79 Å². The van der Waals surface area contributed by atoms with Gasteiger partial charge in [-0.2, -0.15) is 0 Å². The Hall–Kier alpha value is -3.51. The zero-order valence-corrected chi connectivity index (χ0v) is 16.8. The van der Waals surface area contributed by atoms with Gasteiger partial charge in [0, 0.05) is 16.9 Å². The van der Waals surface area contributed by atoms with Crippen LogP contribution in [0.1, 0.15) is 12.5 Å². The number of para-hydroxylation sites is 2. The predicted octanol–water partition coefficient (Wildman–Crippen LogP) is 5.30. The van der Waals surface area contributed by atoms with E-state index in [-0.39, 0.29) is 11.7 Å². The van der Waals surface area contributed by atoms with Crippen LogP contribution >= 0.6 is 12.2 Å².